The van der Waals surface area contributed by atoms with Gasteiger partial charge in [0.1, 0.15) is 0 Å². The fourth-order valence-electron chi connectivity index (χ4n) is 1.99. The zero-order chi connectivity index (χ0) is 10.2. The van der Waals surface area contributed by atoms with Crippen molar-refractivity contribution in [1.82, 2.24) is 0 Å². The summed E-state index contributed by atoms with van der Waals surface area (Å²) in [5.74, 6) is 0. The first kappa shape index (κ1) is 9.72. The largest absolute Gasteiger partial charge is 0.369 e. The molecule has 0 spiro atoms. The Balaban J connectivity index is 1.81. The van der Waals surface area contributed by atoms with E-state index in [0.29, 0.717) is 0 Å². The van der Waals surface area contributed by atoms with Crippen molar-refractivity contribution in [1.29, 1.82) is 0 Å². The third kappa shape index (κ3) is 1.83. The lowest BCUT2D eigenvalue weighted by atomic mass is 9.88. The van der Waals surface area contributed by atoms with E-state index >= 15 is 0 Å². The predicted molar refractivity (Wildman–Crippen MR) is 59.1 cm³/mol. The smallest absolute Gasteiger partial charge is 0.0814 e. The zero-order valence-corrected chi connectivity index (χ0v) is 9.21. The lowest BCUT2D eigenvalue weighted by Gasteiger charge is -2.27. The van der Waals surface area contributed by atoms with E-state index in [0.717, 1.165) is 13.0 Å². The van der Waals surface area contributed by atoms with Gasteiger partial charge in [-0.2, -0.15) is 0 Å². The van der Waals surface area contributed by atoms with Crippen molar-refractivity contribution in [3.63, 3.8) is 0 Å². The van der Waals surface area contributed by atoms with Crippen LogP contribution in [-0.2, 0) is 4.74 Å². The van der Waals surface area contributed by atoms with E-state index < -0.39 is 0 Å². The third-order valence-corrected chi connectivity index (χ3v) is 2.98. The fourth-order valence-corrected chi connectivity index (χ4v) is 1.99. The van der Waals surface area contributed by atoms with E-state index in [1.165, 1.54) is 11.1 Å². The molecule has 1 nitrogen and oxygen atoms in total. The molecule has 1 heteroatoms. The van der Waals surface area contributed by atoms with Crippen molar-refractivity contribution in [2.75, 3.05) is 6.61 Å². The lowest BCUT2D eigenvalue weighted by molar-refractivity contribution is 0.0300. The second-order valence-electron chi connectivity index (χ2n) is 4.96. The molecule has 0 N–H and O–H groups in total. The predicted octanol–water partition coefficient (Wildman–Crippen LogP) is 3.24. The van der Waals surface area contributed by atoms with Gasteiger partial charge in [0.15, 0.2) is 0 Å². The minimum absolute atomic E-state index is 0.281. The van der Waals surface area contributed by atoms with Gasteiger partial charge in [-0.1, -0.05) is 43.7 Å². The number of allylic oxidation sites excluding steroid dienone is 3. The van der Waals surface area contributed by atoms with E-state index in [-0.39, 0.29) is 11.5 Å². The van der Waals surface area contributed by atoms with Crippen LogP contribution in [0.15, 0.2) is 35.5 Å². The Morgan fingerprint density at radius 1 is 1.43 bits per heavy atom. The van der Waals surface area contributed by atoms with E-state index in [1.54, 1.807) is 0 Å². The van der Waals surface area contributed by atoms with Gasteiger partial charge in [-0.15, -0.1) is 0 Å². The molecule has 0 amide bonds. The highest BCUT2D eigenvalue weighted by atomic mass is 16.5. The molecule has 0 saturated carbocycles. The molecular weight excluding hydrogens is 172 g/mol. The normalized spacial score (nSPS) is 28.4. The maximum atomic E-state index is 5.87. The second kappa shape index (κ2) is 3.39. The van der Waals surface area contributed by atoms with E-state index in [1.807, 2.05) is 0 Å². The van der Waals surface area contributed by atoms with Crippen molar-refractivity contribution in [2.45, 2.75) is 33.3 Å². The SMILES string of the molecule is CC1=CC(CO[C@H]2C=CCC2(C)C)=C1. The first-order chi connectivity index (χ1) is 6.58. The third-order valence-electron chi connectivity index (χ3n) is 2.98. The summed E-state index contributed by atoms with van der Waals surface area (Å²) in [4.78, 5) is 0. The molecule has 0 aromatic carbocycles. The molecule has 2 rings (SSSR count). The average Bonchev–Trinajstić information content (AvgIpc) is 2.37. The highest BCUT2D eigenvalue weighted by molar-refractivity contribution is 5.42. The van der Waals surface area contributed by atoms with Crippen LogP contribution in [0.2, 0.25) is 0 Å². The number of rotatable bonds is 3. The fraction of sp³-hybridized carbons (Fsp3) is 0.538. The molecule has 0 unspecified atom stereocenters. The summed E-state index contributed by atoms with van der Waals surface area (Å²) in [5.41, 5.74) is 2.95. The topological polar surface area (TPSA) is 9.23 Å². The Labute approximate surface area is 86.2 Å². The molecule has 0 aromatic heterocycles. The first-order valence-corrected chi connectivity index (χ1v) is 5.25. The summed E-state index contributed by atoms with van der Waals surface area (Å²) in [6, 6.07) is 0. The van der Waals surface area contributed by atoms with Gasteiger partial charge < -0.3 is 4.74 Å². The summed E-state index contributed by atoms with van der Waals surface area (Å²) in [6.45, 7) is 7.39. The molecule has 0 bridgehead atoms. The Hall–Kier alpha value is -0.820. The standard InChI is InChI=1S/C13H18O/c1-10-7-11(8-10)9-14-12-5-4-6-13(12,2)3/h4-5,7-8,12H,6,9H2,1-3H3/t12-/m0/s1. The summed E-state index contributed by atoms with van der Waals surface area (Å²) >= 11 is 0. The van der Waals surface area contributed by atoms with Crippen LogP contribution in [0.3, 0.4) is 0 Å². The molecule has 0 aromatic rings. The summed E-state index contributed by atoms with van der Waals surface area (Å²) in [7, 11) is 0. The summed E-state index contributed by atoms with van der Waals surface area (Å²) < 4.78 is 5.87. The molecule has 2 aliphatic rings. The second-order valence-corrected chi connectivity index (χ2v) is 4.96. The Morgan fingerprint density at radius 2 is 2.14 bits per heavy atom. The summed E-state index contributed by atoms with van der Waals surface area (Å²) in [6.07, 6.45) is 10.2. The van der Waals surface area contributed by atoms with Crippen LogP contribution in [0.1, 0.15) is 27.2 Å². The Morgan fingerprint density at radius 3 is 2.64 bits per heavy atom. The summed E-state index contributed by atoms with van der Waals surface area (Å²) in [5, 5.41) is 0. The average molecular weight is 190 g/mol. The molecule has 0 aliphatic heterocycles. The monoisotopic (exact) mass is 190 g/mol. The van der Waals surface area contributed by atoms with Crippen LogP contribution in [0.5, 0.6) is 0 Å². The highest BCUT2D eigenvalue weighted by Crippen LogP contribution is 2.34. The molecule has 0 fully saturated rings. The maximum absolute atomic E-state index is 5.87. The van der Waals surface area contributed by atoms with Crippen molar-refractivity contribution in [3.8, 4) is 0 Å². The lowest BCUT2D eigenvalue weighted by Crippen LogP contribution is -2.27. The highest BCUT2D eigenvalue weighted by Gasteiger charge is 2.31. The Kier molecular flexibility index (Phi) is 2.36. The molecule has 0 saturated heterocycles. The van der Waals surface area contributed by atoms with Crippen LogP contribution >= 0.6 is 0 Å². The van der Waals surface area contributed by atoms with Crippen molar-refractivity contribution >= 4 is 0 Å². The van der Waals surface area contributed by atoms with Crippen molar-refractivity contribution < 1.29 is 4.74 Å². The van der Waals surface area contributed by atoms with Crippen LogP contribution < -0.4 is 0 Å². The van der Waals surface area contributed by atoms with E-state index in [4.69, 9.17) is 4.74 Å². The minimum Gasteiger partial charge on any atom is -0.369 e. The van der Waals surface area contributed by atoms with Gasteiger partial charge in [-0.3, -0.25) is 0 Å². The Bertz CT molecular complexity index is 318. The number of ether oxygens (including phenoxy) is 1. The molecule has 0 heterocycles. The van der Waals surface area contributed by atoms with Crippen LogP contribution in [0.4, 0.5) is 0 Å². The molecule has 0 radical (unpaired) electrons. The molecule has 14 heavy (non-hydrogen) atoms. The van der Waals surface area contributed by atoms with Gasteiger partial charge in [0.2, 0.25) is 0 Å². The first-order valence-electron chi connectivity index (χ1n) is 5.25. The van der Waals surface area contributed by atoms with Gasteiger partial charge in [0, 0.05) is 0 Å². The minimum atomic E-state index is 0.281. The van der Waals surface area contributed by atoms with Crippen molar-refractivity contribution in [2.24, 2.45) is 5.41 Å². The number of hydrogen-bond donors (Lipinski definition) is 0. The van der Waals surface area contributed by atoms with Gasteiger partial charge in [-0.05, 0) is 24.3 Å². The van der Waals surface area contributed by atoms with Crippen LogP contribution in [0, 0.1) is 5.41 Å². The van der Waals surface area contributed by atoms with Gasteiger partial charge in [-0.25, -0.2) is 0 Å². The van der Waals surface area contributed by atoms with Gasteiger partial charge >= 0.3 is 0 Å². The molecule has 1 atom stereocenters. The van der Waals surface area contributed by atoms with Gasteiger partial charge in [0.25, 0.3) is 0 Å². The van der Waals surface area contributed by atoms with Crippen LogP contribution in [0.25, 0.3) is 0 Å². The number of hydrogen-bond acceptors (Lipinski definition) is 1. The van der Waals surface area contributed by atoms with Crippen LogP contribution in [-0.4, -0.2) is 12.7 Å². The zero-order valence-electron chi connectivity index (χ0n) is 9.21. The quantitative estimate of drug-likeness (QED) is 0.621. The van der Waals surface area contributed by atoms with E-state index in [2.05, 4.69) is 45.1 Å². The van der Waals surface area contributed by atoms with E-state index in [9.17, 15) is 0 Å². The maximum Gasteiger partial charge on any atom is 0.0814 e. The molecule has 2 aliphatic carbocycles. The molecule has 76 valence electrons. The van der Waals surface area contributed by atoms with Gasteiger partial charge in [0.05, 0.1) is 12.7 Å². The molecular formula is C13H18O. The van der Waals surface area contributed by atoms with Crippen molar-refractivity contribution in [3.05, 3.63) is 35.5 Å².